The lowest BCUT2D eigenvalue weighted by Crippen LogP contribution is -2.47. The van der Waals surface area contributed by atoms with Crippen LogP contribution in [0.2, 0.25) is 0 Å². The van der Waals surface area contributed by atoms with Crippen molar-refractivity contribution >= 4 is 16.9 Å². The lowest BCUT2D eigenvalue weighted by atomic mass is 9.98. The van der Waals surface area contributed by atoms with Gasteiger partial charge in [-0.25, -0.2) is 4.68 Å². The van der Waals surface area contributed by atoms with Crippen LogP contribution in [0.25, 0.3) is 11.0 Å². The van der Waals surface area contributed by atoms with E-state index in [9.17, 15) is 10.1 Å². The molecule has 1 amide bonds. The number of nitrogens with zero attached hydrogens (tertiary/aromatic N) is 4. The van der Waals surface area contributed by atoms with E-state index in [0.717, 1.165) is 23.9 Å². The largest absolute Gasteiger partial charge is 0.336 e. The Morgan fingerprint density at radius 1 is 1.55 bits per heavy atom. The van der Waals surface area contributed by atoms with Gasteiger partial charge in [-0.1, -0.05) is 17.3 Å². The molecule has 1 aromatic heterocycles. The first-order valence-electron chi connectivity index (χ1n) is 6.63. The number of benzene rings is 1. The third-order valence-electron chi connectivity index (χ3n) is 3.74. The molecule has 102 valence electrons. The van der Waals surface area contributed by atoms with Crippen molar-refractivity contribution in [3.8, 4) is 6.07 Å². The Morgan fingerprint density at radius 3 is 3.00 bits per heavy atom. The van der Waals surface area contributed by atoms with Crippen LogP contribution in [0, 0.1) is 17.2 Å². The van der Waals surface area contributed by atoms with Gasteiger partial charge in [-0.2, -0.15) is 5.26 Å². The molecule has 0 aliphatic heterocycles. The molecule has 1 saturated carbocycles. The Hall–Kier alpha value is -2.42. The van der Waals surface area contributed by atoms with Crippen LogP contribution in [-0.4, -0.2) is 26.4 Å². The summed E-state index contributed by atoms with van der Waals surface area (Å²) in [5, 5.41) is 20.0. The van der Waals surface area contributed by atoms with Crippen molar-refractivity contribution in [3.05, 3.63) is 24.3 Å². The number of hydrogen-bond donors (Lipinski definition) is 1. The minimum Gasteiger partial charge on any atom is -0.336 e. The van der Waals surface area contributed by atoms with Gasteiger partial charge in [0.1, 0.15) is 17.6 Å². The van der Waals surface area contributed by atoms with Crippen LogP contribution in [0.5, 0.6) is 0 Å². The maximum Gasteiger partial charge on any atom is 0.243 e. The summed E-state index contributed by atoms with van der Waals surface area (Å²) in [5.41, 5.74) is 0.797. The number of para-hydroxylation sites is 1. The molecule has 1 heterocycles. The number of carbonyl (C=O) groups is 1. The van der Waals surface area contributed by atoms with Crippen LogP contribution in [0.1, 0.15) is 19.8 Å². The summed E-state index contributed by atoms with van der Waals surface area (Å²) >= 11 is 0. The molecule has 20 heavy (non-hydrogen) atoms. The Kier molecular flexibility index (Phi) is 2.90. The van der Waals surface area contributed by atoms with E-state index in [2.05, 4.69) is 21.7 Å². The van der Waals surface area contributed by atoms with Crippen LogP contribution < -0.4 is 5.32 Å². The van der Waals surface area contributed by atoms with Crippen molar-refractivity contribution in [3.63, 3.8) is 0 Å². The lowest BCUT2D eigenvalue weighted by molar-refractivity contribution is -0.123. The summed E-state index contributed by atoms with van der Waals surface area (Å²) in [4.78, 5) is 12.1. The fraction of sp³-hybridized carbons (Fsp3) is 0.429. The van der Waals surface area contributed by atoms with E-state index in [-0.39, 0.29) is 18.4 Å². The normalized spacial score (nSPS) is 17.4. The van der Waals surface area contributed by atoms with Crippen molar-refractivity contribution < 1.29 is 4.79 Å². The molecule has 3 rings (SSSR count). The number of aromatic nitrogens is 3. The summed E-state index contributed by atoms with van der Waals surface area (Å²) in [6.45, 7) is 1.85. The van der Waals surface area contributed by atoms with Crippen molar-refractivity contribution in [2.24, 2.45) is 5.92 Å². The molecule has 1 aromatic carbocycles. The van der Waals surface area contributed by atoms with E-state index in [1.165, 1.54) is 0 Å². The van der Waals surface area contributed by atoms with Gasteiger partial charge in [-0.15, -0.1) is 5.10 Å². The molecule has 1 atom stereocenters. The minimum atomic E-state index is -0.770. The Morgan fingerprint density at radius 2 is 2.30 bits per heavy atom. The first-order valence-corrected chi connectivity index (χ1v) is 6.63. The molecule has 1 fully saturated rings. The number of amides is 1. The fourth-order valence-electron chi connectivity index (χ4n) is 2.38. The van der Waals surface area contributed by atoms with Crippen LogP contribution in [0.4, 0.5) is 0 Å². The highest BCUT2D eigenvalue weighted by Crippen LogP contribution is 2.39. The number of fused-ring (bicyclic) bond motifs is 1. The van der Waals surface area contributed by atoms with E-state index in [1.54, 1.807) is 11.6 Å². The van der Waals surface area contributed by atoms with Gasteiger partial charge in [0.05, 0.1) is 11.6 Å². The minimum absolute atomic E-state index is 0.0739. The van der Waals surface area contributed by atoms with Gasteiger partial charge in [0, 0.05) is 0 Å². The van der Waals surface area contributed by atoms with E-state index >= 15 is 0 Å². The average Bonchev–Trinajstić information content (AvgIpc) is 3.23. The highest BCUT2D eigenvalue weighted by Gasteiger charge is 2.43. The third-order valence-corrected chi connectivity index (χ3v) is 3.74. The van der Waals surface area contributed by atoms with E-state index < -0.39 is 5.54 Å². The average molecular weight is 269 g/mol. The second kappa shape index (κ2) is 4.60. The predicted molar refractivity (Wildman–Crippen MR) is 72.4 cm³/mol. The smallest absolute Gasteiger partial charge is 0.243 e. The van der Waals surface area contributed by atoms with Crippen molar-refractivity contribution in [1.29, 1.82) is 5.26 Å². The fourth-order valence-corrected chi connectivity index (χ4v) is 2.38. The highest BCUT2D eigenvalue weighted by atomic mass is 16.2. The third kappa shape index (κ3) is 2.23. The molecular formula is C14H15N5O. The zero-order valence-electron chi connectivity index (χ0n) is 11.2. The molecule has 0 spiro atoms. The zero-order chi connectivity index (χ0) is 14.2. The topological polar surface area (TPSA) is 83.6 Å². The molecule has 0 bridgehead atoms. The van der Waals surface area contributed by atoms with Gasteiger partial charge in [0.2, 0.25) is 5.91 Å². The number of hydrogen-bond acceptors (Lipinski definition) is 4. The molecular weight excluding hydrogens is 254 g/mol. The van der Waals surface area contributed by atoms with Crippen molar-refractivity contribution in [2.45, 2.75) is 31.8 Å². The van der Waals surface area contributed by atoms with Gasteiger partial charge in [-0.05, 0) is 37.8 Å². The Labute approximate surface area is 116 Å². The SMILES string of the molecule is C[C@@](C#N)(NC(=O)Cn1nnc2ccccc21)C1CC1. The van der Waals surface area contributed by atoms with Gasteiger partial charge in [0.25, 0.3) is 0 Å². The predicted octanol–water partition coefficient (Wildman–Crippen LogP) is 1.24. The van der Waals surface area contributed by atoms with Crippen LogP contribution in [-0.2, 0) is 11.3 Å². The summed E-state index contributed by atoms with van der Waals surface area (Å²) in [6, 6.07) is 9.68. The van der Waals surface area contributed by atoms with Gasteiger partial charge >= 0.3 is 0 Å². The number of nitriles is 1. The van der Waals surface area contributed by atoms with Crippen LogP contribution in [0.3, 0.4) is 0 Å². The van der Waals surface area contributed by atoms with Crippen molar-refractivity contribution in [1.82, 2.24) is 20.3 Å². The van der Waals surface area contributed by atoms with Gasteiger partial charge in [0.15, 0.2) is 0 Å². The molecule has 0 radical (unpaired) electrons. The summed E-state index contributed by atoms with van der Waals surface area (Å²) in [5.74, 6) is 0.0561. The Balaban J connectivity index is 1.75. The molecule has 6 heteroatoms. The first-order chi connectivity index (χ1) is 9.62. The molecule has 1 N–H and O–H groups in total. The second-order valence-electron chi connectivity index (χ2n) is 5.37. The highest BCUT2D eigenvalue weighted by molar-refractivity contribution is 5.80. The number of rotatable bonds is 4. The van der Waals surface area contributed by atoms with E-state index in [4.69, 9.17) is 0 Å². The summed E-state index contributed by atoms with van der Waals surface area (Å²) < 4.78 is 1.55. The van der Waals surface area contributed by atoms with Gasteiger partial charge < -0.3 is 5.32 Å². The van der Waals surface area contributed by atoms with E-state index in [1.807, 2.05) is 24.3 Å². The molecule has 0 unspecified atom stereocenters. The molecule has 1 aliphatic carbocycles. The molecule has 0 saturated heterocycles. The number of carbonyl (C=O) groups excluding carboxylic acids is 1. The molecule has 2 aromatic rings. The van der Waals surface area contributed by atoms with Crippen molar-refractivity contribution in [2.75, 3.05) is 0 Å². The standard InChI is InChI=1S/C14H15N5O/c1-14(9-15,10-6-7-10)16-13(20)8-19-12-5-3-2-4-11(12)17-18-19/h2-5,10H,6-8H2,1H3,(H,16,20)/t14-/m0/s1. The molecule has 6 nitrogen and oxygen atoms in total. The van der Waals surface area contributed by atoms with Crippen LogP contribution in [0.15, 0.2) is 24.3 Å². The van der Waals surface area contributed by atoms with Crippen LogP contribution >= 0.6 is 0 Å². The lowest BCUT2D eigenvalue weighted by Gasteiger charge is -2.22. The molecule has 1 aliphatic rings. The quantitative estimate of drug-likeness (QED) is 0.905. The Bertz CT molecular complexity index is 697. The summed E-state index contributed by atoms with van der Waals surface area (Å²) in [7, 11) is 0. The van der Waals surface area contributed by atoms with Gasteiger partial charge in [-0.3, -0.25) is 4.79 Å². The number of nitrogens with one attached hydrogen (secondary N) is 1. The first kappa shape index (κ1) is 12.6. The van der Waals surface area contributed by atoms with E-state index in [0.29, 0.717) is 0 Å². The summed E-state index contributed by atoms with van der Waals surface area (Å²) in [6.07, 6.45) is 1.99. The maximum absolute atomic E-state index is 12.1. The monoisotopic (exact) mass is 269 g/mol. The maximum atomic E-state index is 12.1. The zero-order valence-corrected chi connectivity index (χ0v) is 11.2. The second-order valence-corrected chi connectivity index (χ2v) is 5.37.